The lowest BCUT2D eigenvalue weighted by atomic mass is 10.4. The minimum absolute atomic E-state index is 0.0133. The van der Waals surface area contributed by atoms with Gasteiger partial charge in [0.05, 0.1) is 0 Å². The zero-order valence-electron chi connectivity index (χ0n) is 21.1. The molecule has 0 aliphatic rings. The first-order chi connectivity index (χ1) is 14.4. The second-order valence-electron chi connectivity index (χ2n) is 7.88. The number of hydrogen-bond donors (Lipinski definition) is 0. The van der Waals surface area contributed by atoms with Crippen LogP contribution in [-0.2, 0) is 26.6 Å². The van der Waals surface area contributed by atoms with Crippen molar-refractivity contribution in [3.63, 3.8) is 0 Å². The molecule has 0 saturated heterocycles. The largest absolute Gasteiger partial charge is 0.504 e. The molecule has 6 nitrogen and oxygen atoms in total. The van der Waals surface area contributed by atoms with Crippen molar-refractivity contribution in [2.24, 2.45) is 0 Å². The lowest BCUT2D eigenvalue weighted by molar-refractivity contribution is 0.0308. The van der Waals surface area contributed by atoms with Crippen molar-refractivity contribution in [1.82, 2.24) is 0 Å². The maximum atomic E-state index is 6.42. The summed E-state index contributed by atoms with van der Waals surface area (Å²) in [6.07, 6.45) is 5.55. The predicted molar refractivity (Wildman–Crippen MR) is 128 cm³/mol. The van der Waals surface area contributed by atoms with Crippen LogP contribution in [0.2, 0.25) is 11.1 Å². The summed E-state index contributed by atoms with van der Waals surface area (Å²) >= 11 is 0. The normalized spacial score (nSPS) is 14.8. The lowest BCUT2D eigenvalue weighted by Crippen LogP contribution is -2.58. The van der Waals surface area contributed by atoms with E-state index < -0.39 is 17.6 Å². The van der Waals surface area contributed by atoms with Gasteiger partial charge in [-0.15, -0.1) is 0 Å². The Labute approximate surface area is 189 Å². The molecule has 2 unspecified atom stereocenters. The third-order valence-corrected chi connectivity index (χ3v) is 12.1. The van der Waals surface area contributed by atoms with E-state index in [1.54, 1.807) is 0 Å². The zero-order valence-corrected chi connectivity index (χ0v) is 23.1. The summed E-state index contributed by atoms with van der Waals surface area (Å²) in [5, 5.41) is 0. The Morgan fingerprint density at radius 2 is 0.567 bits per heavy atom. The summed E-state index contributed by atoms with van der Waals surface area (Å²) in [6, 6.07) is 0. The van der Waals surface area contributed by atoms with Gasteiger partial charge in [-0.05, 0) is 38.5 Å². The molecule has 30 heavy (non-hydrogen) atoms. The third-order valence-electron chi connectivity index (χ3n) is 4.91. The Morgan fingerprint density at radius 1 is 0.400 bits per heavy atom. The second-order valence-corrected chi connectivity index (χ2v) is 13.8. The Kier molecular flexibility index (Phi) is 17.8. The van der Waals surface area contributed by atoms with Gasteiger partial charge in [0.15, 0.2) is 0 Å². The van der Waals surface area contributed by atoms with Crippen LogP contribution in [0.15, 0.2) is 0 Å². The Balaban J connectivity index is 6.01. The summed E-state index contributed by atoms with van der Waals surface area (Å²) in [5.41, 5.74) is 0.0266. The SMILES string of the molecule is CCCO[Si](OCCC)(OCCC)C(C)C(C)[Si](OCCC)(OCCC)OCCC. The van der Waals surface area contributed by atoms with E-state index in [0.717, 1.165) is 38.5 Å². The molecule has 0 aliphatic carbocycles. The third kappa shape index (κ3) is 9.77. The van der Waals surface area contributed by atoms with Gasteiger partial charge in [-0.25, -0.2) is 0 Å². The van der Waals surface area contributed by atoms with Gasteiger partial charge >= 0.3 is 17.6 Å². The van der Waals surface area contributed by atoms with Crippen LogP contribution < -0.4 is 0 Å². The lowest BCUT2D eigenvalue weighted by Gasteiger charge is -2.42. The minimum Gasteiger partial charge on any atom is -0.373 e. The summed E-state index contributed by atoms with van der Waals surface area (Å²) < 4.78 is 38.5. The molecule has 8 heteroatoms. The maximum absolute atomic E-state index is 6.42. The standard InChI is InChI=1S/C22H50O6Si2/c1-9-15-23-29(24-16-10-2,25-17-11-3)21(7)22(8)30(26-18-12-4,27-19-13-5)28-20-14-6/h21-22H,9-20H2,1-8H3. The molecule has 0 radical (unpaired) electrons. The Morgan fingerprint density at radius 3 is 0.700 bits per heavy atom. The number of rotatable bonds is 21. The number of hydrogen-bond acceptors (Lipinski definition) is 6. The molecule has 0 N–H and O–H groups in total. The van der Waals surface area contributed by atoms with E-state index in [2.05, 4.69) is 55.4 Å². The smallest absolute Gasteiger partial charge is 0.373 e. The van der Waals surface area contributed by atoms with Crippen molar-refractivity contribution >= 4 is 17.6 Å². The molecule has 0 aliphatic heterocycles. The predicted octanol–water partition coefficient (Wildman–Crippen LogP) is 6.20. The molecule has 0 rings (SSSR count). The molecule has 182 valence electrons. The molecule has 0 aromatic carbocycles. The van der Waals surface area contributed by atoms with Gasteiger partial charge in [0, 0.05) is 50.7 Å². The second kappa shape index (κ2) is 17.7. The molecule has 0 amide bonds. The molecule has 0 spiro atoms. The summed E-state index contributed by atoms with van der Waals surface area (Å²) in [5.74, 6) is 0. The molecular formula is C22H50O6Si2. The first-order valence-electron chi connectivity index (χ1n) is 12.3. The van der Waals surface area contributed by atoms with E-state index in [0.29, 0.717) is 39.6 Å². The summed E-state index contributed by atoms with van der Waals surface area (Å²) in [6.45, 7) is 20.8. The molecule has 0 heterocycles. The zero-order chi connectivity index (χ0) is 22.9. The average Bonchev–Trinajstić information content (AvgIpc) is 2.77. The van der Waals surface area contributed by atoms with Crippen LogP contribution in [-0.4, -0.2) is 57.3 Å². The molecule has 0 bridgehead atoms. The fraction of sp³-hybridized carbons (Fsp3) is 1.00. The molecule has 0 aromatic heterocycles. The molecule has 2 atom stereocenters. The first-order valence-corrected chi connectivity index (χ1v) is 15.9. The Bertz CT molecular complexity index is 320. The van der Waals surface area contributed by atoms with Crippen LogP contribution in [0.4, 0.5) is 0 Å². The molecule has 0 aromatic rings. The van der Waals surface area contributed by atoms with Crippen LogP contribution in [0.3, 0.4) is 0 Å². The van der Waals surface area contributed by atoms with Gasteiger partial charge in [-0.3, -0.25) is 0 Å². The topological polar surface area (TPSA) is 55.4 Å². The first kappa shape index (κ1) is 30.2. The average molecular weight is 467 g/mol. The van der Waals surface area contributed by atoms with Crippen molar-refractivity contribution < 1.29 is 26.6 Å². The molecular weight excluding hydrogens is 416 g/mol. The molecule has 0 saturated carbocycles. The fourth-order valence-corrected chi connectivity index (χ4v) is 10.6. The van der Waals surface area contributed by atoms with Crippen molar-refractivity contribution in [3.05, 3.63) is 0 Å². The highest BCUT2D eigenvalue weighted by Crippen LogP contribution is 2.43. The van der Waals surface area contributed by atoms with Gasteiger partial charge in [-0.2, -0.15) is 0 Å². The van der Waals surface area contributed by atoms with Gasteiger partial charge < -0.3 is 26.6 Å². The van der Waals surface area contributed by atoms with Gasteiger partial charge in [-0.1, -0.05) is 55.4 Å². The van der Waals surface area contributed by atoms with E-state index in [1.165, 1.54) is 0 Å². The van der Waals surface area contributed by atoms with Crippen molar-refractivity contribution in [2.45, 2.75) is 105 Å². The van der Waals surface area contributed by atoms with E-state index in [4.69, 9.17) is 26.6 Å². The highest BCUT2D eigenvalue weighted by molar-refractivity contribution is 6.69. The van der Waals surface area contributed by atoms with Crippen LogP contribution in [0.25, 0.3) is 0 Å². The van der Waals surface area contributed by atoms with Crippen molar-refractivity contribution in [3.8, 4) is 0 Å². The molecule has 0 fully saturated rings. The maximum Gasteiger partial charge on any atom is 0.504 e. The van der Waals surface area contributed by atoms with E-state index >= 15 is 0 Å². The summed E-state index contributed by atoms with van der Waals surface area (Å²) in [4.78, 5) is 0. The van der Waals surface area contributed by atoms with E-state index in [9.17, 15) is 0 Å². The fourth-order valence-electron chi connectivity index (χ4n) is 3.12. The van der Waals surface area contributed by atoms with Crippen LogP contribution >= 0.6 is 0 Å². The van der Waals surface area contributed by atoms with E-state index in [1.807, 2.05) is 0 Å². The van der Waals surface area contributed by atoms with Gasteiger partial charge in [0.2, 0.25) is 0 Å². The monoisotopic (exact) mass is 466 g/mol. The van der Waals surface area contributed by atoms with Crippen LogP contribution in [0.1, 0.15) is 93.9 Å². The van der Waals surface area contributed by atoms with Crippen molar-refractivity contribution in [2.75, 3.05) is 39.6 Å². The van der Waals surface area contributed by atoms with Gasteiger partial charge in [0.1, 0.15) is 0 Å². The van der Waals surface area contributed by atoms with Crippen LogP contribution in [0, 0.1) is 0 Å². The van der Waals surface area contributed by atoms with E-state index in [-0.39, 0.29) is 11.1 Å². The minimum atomic E-state index is -2.96. The highest BCUT2D eigenvalue weighted by Gasteiger charge is 2.59. The highest BCUT2D eigenvalue weighted by atomic mass is 28.4. The summed E-state index contributed by atoms with van der Waals surface area (Å²) in [7, 11) is -5.92. The van der Waals surface area contributed by atoms with Gasteiger partial charge in [0.25, 0.3) is 0 Å². The Hall–Kier alpha value is 0.194. The van der Waals surface area contributed by atoms with Crippen LogP contribution in [0.5, 0.6) is 0 Å². The quantitative estimate of drug-likeness (QED) is 0.188. The van der Waals surface area contributed by atoms with Crippen molar-refractivity contribution in [1.29, 1.82) is 0 Å².